The average molecular weight is 409 g/mol. The second-order valence-corrected chi connectivity index (χ2v) is 8.38. The molecule has 0 radical (unpaired) electrons. The number of alkyl halides is 2. The third-order valence-electron chi connectivity index (χ3n) is 4.71. The van der Waals surface area contributed by atoms with Gasteiger partial charge >= 0.3 is 5.76 Å². The number of rotatable bonds is 5. The molecule has 1 saturated heterocycles. The lowest BCUT2D eigenvalue weighted by Crippen LogP contribution is -2.46. The lowest BCUT2D eigenvalue weighted by Gasteiger charge is -2.36. The molecule has 2 aromatic rings. The fraction of sp³-hybridized carbons (Fsp3) is 0.316. The van der Waals surface area contributed by atoms with Crippen molar-refractivity contribution < 1.29 is 21.6 Å². The van der Waals surface area contributed by atoms with Crippen LogP contribution in [0.3, 0.4) is 0 Å². The minimum Gasteiger partial charge on any atom is -0.368 e. The number of hydrogen-bond acceptors (Lipinski definition) is 5. The first-order valence-corrected chi connectivity index (χ1v) is 10.1. The Morgan fingerprint density at radius 3 is 2.25 bits per heavy atom. The highest BCUT2D eigenvalue weighted by Gasteiger charge is 2.26. The lowest BCUT2D eigenvalue weighted by atomic mass is 10.1. The smallest absolute Gasteiger partial charge is 0.341 e. The van der Waals surface area contributed by atoms with Gasteiger partial charge in [-0.05, 0) is 29.8 Å². The van der Waals surface area contributed by atoms with Gasteiger partial charge in [0.1, 0.15) is 17.4 Å². The van der Waals surface area contributed by atoms with E-state index in [9.17, 15) is 26.9 Å². The third-order valence-corrected chi connectivity index (χ3v) is 6.11. The van der Waals surface area contributed by atoms with Gasteiger partial charge in [-0.15, -0.1) is 0 Å². The Morgan fingerprint density at radius 2 is 1.68 bits per heavy atom. The summed E-state index contributed by atoms with van der Waals surface area (Å²) in [6.07, 6.45) is 0. The van der Waals surface area contributed by atoms with Crippen LogP contribution in [0.15, 0.2) is 47.4 Å². The first-order valence-electron chi connectivity index (χ1n) is 8.60. The maximum atomic E-state index is 13.8. The standard InChI is InChI=1S/C19H18F3N3O2S/c20-17-2-1-3-18(16(17)12-23)25-10-8-24(9-11-25)13-14-4-6-15(7-5-14)28(26,27)19(21)22/h1-7,19H,8-11,13H2. The van der Waals surface area contributed by atoms with Crippen LogP contribution in [0.2, 0.25) is 0 Å². The lowest BCUT2D eigenvalue weighted by molar-refractivity contribution is 0.234. The fourth-order valence-electron chi connectivity index (χ4n) is 3.18. The zero-order chi connectivity index (χ0) is 20.3. The fourth-order valence-corrected chi connectivity index (χ4v) is 3.90. The maximum absolute atomic E-state index is 13.8. The van der Waals surface area contributed by atoms with Crippen molar-refractivity contribution in [1.82, 2.24) is 4.90 Å². The van der Waals surface area contributed by atoms with Gasteiger partial charge in [0.05, 0.1) is 10.6 Å². The first-order chi connectivity index (χ1) is 13.3. The topological polar surface area (TPSA) is 64.4 Å². The zero-order valence-corrected chi connectivity index (χ0v) is 15.7. The predicted octanol–water partition coefficient (Wildman–Crippen LogP) is 3.02. The highest BCUT2D eigenvalue weighted by Crippen LogP contribution is 2.24. The molecule has 0 amide bonds. The molecule has 0 bridgehead atoms. The maximum Gasteiger partial charge on any atom is 0.341 e. The summed E-state index contributed by atoms with van der Waals surface area (Å²) in [5.41, 5.74) is 1.42. The van der Waals surface area contributed by atoms with Gasteiger partial charge in [0.2, 0.25) is 9.84 Å². The van der Waals surface area contributed by atoms with E-state index in [1.807, 2.05) is 11.0 Å². The number of nitriles is 1. The van der Waals surface area contributed by atoms with Gasteiger partial charge in [0, 0.05) is 32.7 Å². The predicted molar refractivity (Wildman–Crippen MR) is 98.2 cm³/mol. The molecule has 0 aromatic heterocycles. The largest absolute Gasteiger partial charge is 0.368 e. The van der Waals surface area contributed by atoms with Crippen molar-refractivity contribution in [2.45, 2.75) is 17.2 Å². The molecule has 1 heterocycles. The van der Waals surface area contributed by atoms with E-state index in [4.69, 9.17) is 0 Å². The summed E-state index contributed by atoms with van der Waals surface area (Å²) in [4.78, 5) is 3.68. The van der Waals surface area contributed by atoms with E-state index in [0.717, 1.165) is 5.56 Å². The van der Waals surface area contributed by atoms with Crippen LogP contribution in [-0.2, 0) is 16.4 Å². The highest BCUT2D eigenvalue weighted by molar-refractivity contribution is 7.91. The Labute approximate surface area is 161 Å². The van der Waals surface area contributed by atoms with Crippen molar-refractivity contribution in [1.29, 1.82) is 5.26 Å². The second kappa shape index (κ2) is 8.20. The van der Waals surface area contributed by atoms with E-state index in [-0.39, 0.29) is 5.56 Å². The van der Waals surface area contributed by atoms with Crippen molar-refractivity contribution in [3.63, 3.8) is 0 Å². The Kier molecular flexibility index (Phi) is 5.91. The molecule has 0 spiro atoms. The molecule has 1 aliphatic rings. The highest BCUT2D eigenvalue weighted by atomic mass is 32.2. The van der Waals surface area contributed by atoms with Crippen LogP contribution < -0.4 is 4.90 Å². The Morgan fingerprint density at radius 1 is 1.04 bits per heavy atom. The van der Waals surface area contributed by atoms with Crippen LogP contribution in [0.1, 0.15) is 11.1 Å². The Balaban J connectivity index is 1.62. The van der Waals surface area contributed by atoms with E-state index >= 15 is 0 Å². The van der Waals surface area contributed by atoms with Crippen LogP contribution in [0.5, 0.6) is 0 Å². The van der Waals surface area contributed by atoms with Gasteiger partial charge in [-0.2, -0.15) is 14.0 Å². The van der Waals surface area contributed by atoms with Crippen LogP contribution in [0.4, 0.5) is 18.9 Å². The molecule has 1 aliphatic heterocycles. The monoisotopic (exact) mass is 409 g/mol. The molecular formula is C19H18F3N3O2S. The summed E-state index contributed by atoms with van der Waals surface area (Å²) in [7, 11) is -4.59. The molecule has 3 rings (SSSR count). The van der Waals surface area contributed by atoms with E-state index in [1.54, 1.807) is 12.1 Å². The minimum absolute atomic E-state index is 0.0341. The number of hydrogen-bond donors (Lipinski definition) is 0. The minimum atomic E-state index is -4.59. The Bertz CT molecular complexity index is 980. The van der Waals surface area contributed by atoms with Gasteiger partial charge in [-0.1, -0.05) is 18.2 Å². The SMILES string of the molecule is N#Cc1c(F)cccc1N1CCN(Cc2ccc(S(=O)(=O)C(F)F)cc2)CC1. The summed E-state index contributed by atoms with van der Waals surface area (Å²) in [5.74, 6) is -3.98. The summed E-state index contributed by atoms with van der Waals surface area (Å²) in [6.45, 7) is 3.08. The molecule has 9 heteroatoms. The number of nitrogens with zero attached hydrogens (tertiary/aromatic N) is 3. The molecule has 0 aliphatic carbocycles. The summed E-state index contributed by atoms with van der Waals surface area (Å²) in [5, 5.41) is 9.17. The van der Waals surface area contributed by atoms with E-state index in [1.165, 1.54) is 30.3 Å². The first kappa shape index (κ1) is 20.2. The van der Waals surface area contributed by atoms with E-state index in [2.05, 4.69) is 4.90 Å². The van der Waals surface area contributed by atoms with Crippen LogP contribution in [0, 0.1) is 17.1 Å². The number of halogens is 3. The number of anilines is 1. The summed E-state index contributed by atoms with van der Waals surface area (Å²) < 4.78 is 61.9. The van der Waals surface area contributed by atoms with Crippen molar-refractivity contribution in [3.8, 4) is 6.07 Å². The average Bonchev–Trinajstić information content (AvgIpc) is 2.68. The van der Waals surface area contributed by atoms with Crippen molar-refractivity contribution in [3.05, 3.63) is 59.4 Å². The van der Waals surface area contributed by atoms with Crippen molar-refractivity contribution in [2.75, 3.05) is 31.1 Å². The number of sulfone groups is 1. The molecule has 5 nitrogen and oxygen atoms in total. The quantitative estimate of drug-likeness (QED) is 0.760. The van der Waals surface area contributed by atoms with Gasteiger partial charge in [0.25, 0.3) is 0 Å². The van der Waals surface area contributed by atoms with Gasteiger partial charge in [-0.25, -0.2) is 12.8 Å². The molecule has 0 N–H and O–H groups in total. The van der Waals surface area contributed by atoms with Crippen molar-refractivity contribution >= 4 is 15.5 Å². The van der Waals surface area contributed by atoms with Gasteiger partial charge < -0.3 is 4.90 Å². The van der Waals surface area contributed by atoms with Gasteiger partial charge in [-0.3, -0.25) is 4.90 Å². The Hall–Kier alpha value is -2.57. The molecule has 1 fully saturated rings. The number of benzene rings is 2. The van der Waals surface area contributed by atoms with Gasteiger partial charge in [0.15, 0.2) is 0 Å². The summed E-state index contributed by atoms with van der Waals surface area (Å²) in [6, 6.07) is 11.9. The second-order valence-electron chi connectivity index (χ2n) is 6.46. The van der Waals surface area contributed by atoms with E-state index < -0.39 is 26.3 Å². The third kappa shape index (κ3) is 4.13. The zero-order valence-electron chi connectivity index (χ0n) is 14.9. The van der Waals surface area contributed by atoms with Crippen LogP contribution in [0.25, 0.3) is 0 Å². The molecule has 0 atom stereocenters. The van der Waals surface area contributed by atoms with Crippen molar-refractivity contribution in [2.24, 2.45) is 0 Å². The molecule has 0 unspecified atom stereocenters. The van der Waals surface area contributed by atoms with Crippen LogP contribution in [-0.4, -0.2) is 45.3 Å². The molecule has 0 saturated carbocycles. The molecule has 2 aromatic carbocycles. The van der Waals surface area contributed by atoms with E-state index in [0.29, 0.717) is 38.4 Å². The molecule has 28 heavy (non-hydrogen) atoms. The molecule has 148 valence electrons. The molecular weight excluding hydrogens is 391 g/mol. The number of piperazine rings is 1. The summed E-state index contributed by atoms with van der Waals surface area (Å²) >= 11 is 0. The normalized spacial score (nSPS) is 15.6. The van der Waals surface area contributed by atoms with Crippen LogP contribution >= 0.6 is 0 Å².